The third-order valence-corrected chi connectivity index (χ3v) is 2.77. The molecule has 0 saturated heterocycles. The van der Waals surface area contributed by atoms with Crippen LogP contribution in [0, 0.1) is 0 Å². The van der Waals surface area contributed by atoms with Gasteiger partial charge in [-0.1, -0.05) is 23.2 Å². The van der Waals surface area contributed by atoms with Crippen molar-refractivity contribution in [3.63, 3.8) is 0 Å². The van der Waals surface area contributed by atoms with E-state index >= 15 is 0 Å². The minimum Gasteiger partial charge on any atom is -0.396 e. The standard InChI is InChI=1S/C10H10Cl2N4O/c1-16(2)10-14-9(17-15-10)5-3-6(11)8(13)7(12)4-5/h3-4H,13H2,1-2H3. The van der Waals surface area contributed by atoms with Gasteiger partial charge in [-0.2, -0.15) is 4.98 Å². The van der Waals surface area contributed by atoms with E-state index < -0.39 is 0 Å². The summed E-state index contributed by atoms with van der Waals surface area (Å²) in [4.78, 5) is 5.91. The molecule has 0 fully saturated rings. The second kappa shape index (κ2) is 4.43. The van der Waals surface area contributed by atoms with Crippen LogP contribution in [0.15, 0.2) is 16.7 Å². The van der Waals surface area contributed by atoms with Gasteiger partial charge in [0.1, 0.15) is 0 Å². The highest BCUT2D eigenvalue weighted by atomic mass is 35.5. The molecule has 0 aliphatic rings. The zero-order chi connectivity index (χ0) is 12.6. The number of hydrogen-bond donors (Lipinski definition) is 1. The van der Waals surface area contributed by atoms with E-state index in [-0.39, 0.29) is 0 Å². The highest BCUT2D eigenvalue weighted by molar-refractivity contribution is 6.39. The summed E-state index contributed by atoms with van der Waals surface area (Å²) < 4.78 is 5.10. The third kappa shape index (κ3) is 2.30. The van der Waals surface area contributed by atoms with Gasteiger partial charge < -0.3 is 15.2 Å². The van der Waals surface area contributed by atoms with Crippen molar-refractivity contribution in [1.82, 2.24) is 10.1 Å². The maximum absolute atomic E-state index is 5.93. The number of nitrogen functional groups attached to an aromatic ring is 1. The molecule has 0 amide bonds. The fourth-order valence-corrected chi connectivity index (χ4v) is 1.71. The Morgan fingerprint density at radius 1 is 1.24 bits per heavy atom. The fraction of sp³-hybridized carbons (Fsp3) is 0.200. The molecule has 0 spiro atoms. The molecule has 0 aliphatic heterocycles. The van der Waals surface area contributed by atoms with Crippen LogP contribution in [0.2, 0.25) is 10.0 Å². The monoisotopic (exact) mass is 272 g/mol. The molecular weight excluding hydrogens is 263 g/mol. The van der Waals surface area contributed by atoms with Gasteiger partial charge in [-0.3, -0.25) is 0 Å². The van der Waals surface area contributed by atoms with Crippen LogP contribution in [0.3, 0.4) is 0 Å². The topological polar surface area (TPSA) is 68.2 Å². The van der Waals surface area contributed by atoms with Crippen LogP contribution in [0.25, 0.3) is 11.5 Å². The average Bonchev–Trinajstić information content (AvgIpc) is 2.74. The Labute approximate surface area is 108 Å². The van der Waals surface area contributed by atoms with Crippen LogP contribution < -0.4 is 10.6 Å². The maximum atomic E-state index is 5.93. The van der Waals surface area contributed by atoms with Crippen LogP contribution in [0.1, 0.15) is 0 Å². The number of hydrogen-bond acceptors (Lipinski definition) is 5. The van der Waals surface area contributed by atoms with Gasteiger partial charge in [0, 0.05) is 19.7 Å². The Hall–Kier alpha value is -1.46. The van der Waals surface area contributed by atoms with E-state index in [0.717, 1.165) is 0 Å². The highest BCUT2D eigenvalue weighted by Crippen LogP contribution is 2.33. The van der Waals surface area contributed by atoms with E-state index in [1.807, 2.05) is 14.1 Å². The second-order valence-electron chi connectivity index (χ2n) is 3.65. The van der Waals surface area contributed by atoms with Gasteiger partial charge in [-0.15, -0.1) is 0 Å². The molecular formula is C10H10Cl2N4O. The first-order valence-corrected chi connectivity index (χ1v) is 5.50. The van der Waals surface area contributed by atoms with Gasteiger partial charge in [0.2, 0.25) is 0 Å². The lowest BCUT2D eigenvalue weighted by atomic mass is 10.2. The van der Waals surface area contributed by atoms with E-state index in [1.54, 1.807) is 17.0 Å². The lowest BCUT2D eigenvalue weighted by Gasteiger charge is -2.03. The first-order valence-electron chi connectivity index (χ1n) is 4.75. The van der Waals surface area contributed by atoms with Gasteiger partial charge in [-0.05, 0) is 17.3 Å². The molecule has 0 bridgehead atoms. The molecule has 0 aliphatic carbocycles. The number of benzene rings is 1. The van der Waals surface area contributed by atoms with Crippen molar-refractivity contribution in [3.05, 3.63) is 22.2 Å². The first-order chi connectivity index (χ1) is 7.99. The van der Waals surface area contributed by atoms with Gasteiger partial charge in [0.25, 0.3) is 11.8 Å². The Morgan fingerprint density at radius 2 is 1.82 bits per heavy atom. The van der Waals surface area contributed by atoms with E-state index in [4.69, 9.17) is 33.5 Å². The summed E-state index contributed by atoms with van der Waals surface area (Å²) >= 11 is 11.9. The molecule has 90 valence electrons. The summed E-state index contributed by atoms with van der Waals surface area (Å²) in [5.41, 5.74) is 6.62. The quantitative estimate of drug-likeness (QED) is 0.852. The number of nitrogens with two attached hydrogens (primary N) is 1. The van der Waals surface area contributed by atoms with Gasteiger partial charge in [-0.25, -0.2) is 0 Å². The number of rotatable bonds is 2. The maximum Gasteiger partial charge on any atom is 0.265 e. The smallest absolute Gasteiger partial charge is 0.265 e. The lowest BCUT2D eigenvalue weighted by Crippen LogP contribution is -2.10. The largest absolute Gasteiger partial charge is 0.396 e. The van der Waals surface area contributed by atoms with Gasteiger partial charge in [0.05, 0.1) is 15.7 Å². The molecule has 0 atom stereocenters. The second-order valence-corrected chi connectivity index (χ2v) is 4.46. The van der Waals surface area contributed by atoms with Crippen LogP contribution in [-0.4, -0.2) is 24.2 Å². The molecule has 0 radical (unpaired) electrons. The zero-order valence-corrected chi connectivity index (χ0v) is 10.7. The van der Waals surface area contributed by atoms with E-state index in [9.17, 15) is 0 Å². The Balaban J connectivity index is 2.46. The highest BCUT2D eigenvalue weighted by Gasteiger charge is 2.13. The molecule has 17 heavy (non-hydrogen) atoms. The molecule has 2 rings (SSSR count). The lowest BCUT2D eigenvalue weighted by molar-refractivity contribution is 0.431. The van der Waals surface area contributed by atoms with Crippen molar-refractivity contribution in [2.45, 2.75) is 0 Å². The minimum atomic E-state index is 0.337. The summed E-state index contributed by atoms with van der Waals surface area (Å²) in [6.45, 7) is 0. The predicted octanol–water partition coefficient (Wildman–Crippen LogP) is 2.69. The summed E-state index contributed by atoms with van der Waals surface area (Å²) in [5.74, 6) is 0.821. The normalized spacial score (nSPS) is 10.6. The number of aromatic nitrogens is 2. The Bertz CT molecular complexity index is 530. The van der Waals surface area contributed by atoms with E-state index in [2.05, 4.69) is 10.1 Å². The van der Waals surface area contributed by atoms with Crippen molar-refractivity contribution < 1.29 is 4.52 Å². The van der Waals surface area contributed by atoms with Crippen molar-refractivity contribution in [2.24, 2.45) is 0 Å². The van der Waals surface area contributed by atoms with E-state index in [1.165, 1.54) is 0 Å². The zero-order valence-electron chi connectivity index (χ0n) is 9.24. The number of anilines is 2. The van der Waals surface area contributed by atoms with Crippen LogP contribution in [0.5, 0.6) is 0 Å². The number of halogens is 2. The van der Waals surface area contributed by atoms with Gasteiger partial charge in [0.15, 0.2) is 0 Å². The van der Waals surface area contributed by atoms with Crippen LogP contribution in [0.4, 0.5) is 11.6 Å². The molecule has 1 heterocycles. The van der Waals surface area contributed by atoms with E-state index in [0.29, 0.717) is 33.1 Å². The molecule has 7 heteroatoms. The summed E-state index contributed by atoms with van der Waals surface area (Å²) in [7, 11) is 3.63. The molecule has 5 nitrogen and oxygen atoms in total. The molecule has 0 saturated carbocycles. The third-order valence-electron chi connectivity index (χ3n) is 2.14. The average molecular weight is 273 g/mol. The molecule has 2 N–H and O–H groups in total. The van der Waals surface area contributed by atoms with Crippen molar-refractivity contribution in [3.8, 4) is 11.5 Å². The molecule has 1 aromatic heterocycles. The molecule has 0 unspecified atom stereocenters. The van der Waals surface area contributed by atoms with Gasteiger partial charge >= 0.3 is 0 Å². The van der Waals surface area contributed by atoms with Crippen LogP contribution in [-0.2, 0) is 0 Å². The fourth-order valence-electron chi connectivity index (χ4n) is 1.22. The Morgan fingerprint density at radius 3 is 2.29 bits per heavy atom. The van der Waals surface area contributed by atoms with Crippen molar-refractivity contribution in [1.29, 1.82) is 0 Å². The first kappa shape index (κ1) is 12.0. The summed E-state index contributed by atoms with van der Waals surface area (Å²) in [6.07, 6.45) is 0. The minimum absolute atomic E-state index is 0.337. The Kier molecular flexibility index (Phi) is 3.13. The molecule has 1 aromatic carbocycles. The van der Waals surface area contributed by atoms with Crippen molar-refractivity contribution in [2.75, 3.05) is 24.7 Å². The van der Waals surface area contributed by atoms with Crippen LogP contribution >= 0.6 is 23.2 Å². The molecule has 2 aromatic rings. The summed E-state index contributed by atoms with van der Waals surface area (Å²) in [5, 5.41) is 4.51. The predicted molar refractivity (Wildman–Crippen MR) is 68.5 cm³/mol. The van der Waals surface area contributed by atoms with Crippen molar-refractivity contribution >= 4 is 34.8 Å². The number of nitrogens with zero attached hydrogens (tertiary/aromatic N) is 3. The SMILES string of the molecule is CN(C)c1noc(-c2cc(Cl)c(N)c(Cl)c2)n1. The summed E-state index contributed by atoms with van der Waals surface area (Å²) in [6, 6.07) is 3.27.